The number of hydrogen-bond donors (Lipinski definition) is 0. The van der Waals surface area contributed by atoms with Gasteiger partial charge in [0, 0.05) is 23.2 Å². The van der Waals surface area contributed by atoms with Crippen LogP contribution < -0.4 is 0 Å². The van der Waals surface area contributed by atoms with Crippen LogP contribution in [0.1, 0.15) is 0 Å². The second-order valence-electron chi connectivity index (χ2n) is 13.0. The molecule has 0 aliphatic heterocycles. The number of benzene rings is 8. The van der Waals surface area contributed by atoms with Crippen LogP contribution in [0.25, 0.3) is 98.6 Å². The molecule has 0 aliphatic rings. The van der Waals surface area contributed by atoms with Gasteiger partial charge in [-0.05, 0) is 107 Å². The van der Waals surface area contributed by atoms with E-state index in [1.165, 1.54) is 65.7 Å². The number of hydrogen-bond acceptors (Lipinski definition) is 2. The molecule has 0 fully saturated rings. The smallest absolute Gasteiger partial charge is 0.0970 e. The summed E-state index contributed by atoms with van der Waals surface area (Å²) in [6.07, 6.45) is 3.69. The number of pyridine rings is 2. The molecule has 0 bridgehead atoms. The Labute approximate surface area is 290 Å². The zero-order valence-corrected chi connectivity index (χ0v) is 27.2. The quantitative estimate of drug-likeness (QED) is 0.142. The van der Waals surface area contributed by atoms with Crippen molar-refractivity contribution in [2.45, 2.75) is 0 Å². The van der Waals surface area contributed by atoms with Gasteiger partial charge in [-0.1, -0.05) is 140 Å². The van der Waals surface area contributed by atoms with Gasteiger partial charge in [0.2, 0.25) is 0 Å². The Kier molecular flexibility index (Phi) is 6.53. The van der Waals surface area contributed by atoms with Gasteiger partial charge >= 0.3 is 0 Å². The molecule has 0 aliphatic carbocycles. The molecule has 2 heterocycles. The minimum absolute atomic E-state index is 0.930. The summed E-state index contributed by atoms with van der Waals surface area (Å²) in [5, 5.41) is 9.67. The van der Waals surface area contributed by atoms with Gasteiger partial charge in [0.15, 0.2) is 0 Å². The van der Waals surface area contributed by atoms with Crippen LogP contribution in [0.4, 0.5) is 0 Å². The van der Waals surface area contributed by atoms with Crippen molar-refractivity contribution >= 4 is 54.1 Å². The van der Waals surface area contributed by atoms with E-state index in [9.17, 15) is 0 Å². The fourth-order valence-electron chi connectivity index (χ4n) is 7.79. The molecule has 232 valence electrons. The van der Waals surface area contributed by atoms with E-state index < -0.39 is 0 Å². The summed E-state index contributed by atoms with van der Waals surface area (Å²) in [5.74, 6) is 0. The minimum atomic E-state index is 0.930. The predicted molar refractivity (Wildman–Crippen MR) is 211 cm³/mol. The Hall–Kier alpha value is -6.64. The molecule has 0 saturated heterocycles. The fraction of sp³-hybridized carbons (Fsp3) is 0. The molecule has 0 unspecified atom stereocenters. The lowest BCUT2D eigenvalue weighted by Gasteiger charge is -2.19. The number of rotatable bonds is 4. The molecule has 0 atom stereocenters. The van der Waals surface area contributed by atoms with E-state index in [-0.39, 0.29) is 0 Å². The highest BCUT2D eigenvalue weighted by Gasteiger charge is 2.18. The zero-order chi connectivity index (χ0) is 33.0. The first-order chi connectivity index (χ1) is 24.8. The Morgan fingerprint density at radius 2 is 0.860 bits per heavy atom. The average Bonchev–Trinajstić information content (AvgIpc) is 3.19. The maximum atomic E-state index is 4.75. The topological polar surface area (TPSA) is 25.8 Å². The van der Waals surface area contributed by atoms with Gasteiger partial charge in [0.1, 0.15) is 0 Å². The summed E-state index contributed by atoms with van der Waals surface area (Å²) in [6, 6.07) is 61.7. The highest BCUT2D eigenvalue weighted by atomic mass is 14.7. The lowest BCUT2D eigenvalue weighted by Crippen LogP contribution is -1.92. The highest BCUT2D eigenvalue weighted by molar-refractivity contribution is 6.22. The lowest BCUT2D eigenvalue weighted by atomic mass is 9.84. The van der Waals surface area contributed by atoms with Crippen molar-refractivity contribution in [1.82, 2.24) is 9.97 Å². The molecule has 0 radical (unpaired) electrons. The molecular formula is C48H30N2. The number of fused-ring (bicyclic) bond motifs is 6. The standard InChI is InChI=1S/C48H30N2/c1-2-10-31(11-3-1)36-24-25-41-44(29-36)45(39-15-6-7-16-40(39)46(41)37-23-18-32-12-4-5-13-35(32)28-37)34-21-19-33(20-22-34)43-30-38-14-8-26-49-47(38)48-42(43)17-9-27-50-48/h1-30H. The third kappa shape index (κ3) is 4.57. The third-order valence-electron chi connectivity index (χ3n) is 10.1. The van der Waals surface area contributed by atoms with Crippen molar-refractivity contribution < 1.29 is 0 Å². The Morgan fingerprint density at radius 3 is 1.68 bits per heavy atom. The van der Waals surface area contributed by atoms with E-state index in [1.54, 1.807) is 0 Å². The summed E-state index contributed by atoms with van der Waals surface area (Å²) in [5.41, 5.74) is 11.5. The lowest BCUT2D eigenvalue weighted by molar-refractivity contribution is 1.37. The van der Waals surface area contributed by atoms with Crippen molar-refractivity contribution in [3.05, 3.63) is 182 Å². The average molecular weight is 635 g/mol. The molecular weight excluding hydrogens is 605 g/mol. The molecule has 10 rings (SSSR count). The summed E-state index contributed by atoms with van der Waals surface area (Å²) < 4.78 is 0. The van der Waals surface area contributed by atoms with Crippen molar-refractivity contribution in [2.75, 3.05) is 0 Å². The molecule has 10 aromatic rings. The summed E-state index contributed by atoms with van der Waals surface area (Å²) in [7, 11) is 0. The van der Waals surface area contributed by atoms with E-state index in [0.717, 1.165) is 32.9 Å². The van der Waals surface area contributed by atoms with Crippen LogP contribution in [-0.4, -0.2) is 9.97 Å². The van der Waals surface area contributed by atoms with Crippen LogP contribution in [0.5, 0.6) is 0 Å². The van der Waals surface area contributed by atoms with E-state index in [0.29, 0.717) is 0 Å². The molecule has 2 heteroatoms. The first-order valence-corrected chi connectivity index (χ1v) is 17.1. The highest BCUT2D eigenvalue weighted by Crippen LogP contribution is 2.46. The van der Waals surface area contributed by atoms with Crippen LogP contribution in [-0.2, 0) is 0 Å². The summed E-state index contributed by atoms with van der Waals surface area (Å²) in [6.45, 7) is 0. The fourth-order valence-corrected chi connectivity index (χ4v) is 7.79. The van der Waals surface area contributed by atoms with Gasteiger partial charge in [-0.3, -0.25) is 9.97 Å². The van der Waals surface area contributed by atoms with Gasteiger partial charge < -0.3 is 0 Å². The van der Waals surface area contributed by atoms with Gasteiger partial charge in [-0.15, -0.1) is 0 Å². The van der Waals surface area contributed by atoms with E-state index in [1.807, 2.05) is 24.5 Å². The van der Waals surface area contributed by atoms with Crippen LogP contribution in [0, 0.1) is 0 Å². The normalized spacial score (nSPS) is 11.6. The van der Waals surface area contributed by atoms with E-state index >= 15 is 0 Å². The van der Waals surface area contributed by atoms with Crippen LogP contribution in [0.15, 0.2) is 182 Å². The first kappa shape index (κ1) is 28.4. The molecule has 0 spiro atoms. The van der Waals surface area contributed by atoms with Crippen molar-refractivity contribution in [3.8, 4) is 44.5 Å². The van der Waals surface area contributed by atoms with E-state index in [4.69, 9.17) is 4.98 Å². The van der Waals surface area contributed by atoms with Gasteiger partial charge in [0.05, 0.1) is 11.0 Å². The SMILES string of the molecule is c1ccc(-c2ccc3c(-c4ccc5ccccc5c4)c4ccccc4c(-c4ccc(-c5cc6cccnc6c6ncccc56)cc4)c3c2)cc1. The second-order valence-corrected chi connectivity index (χ2v) is 13.0. The van der Waals surface area contributed by atoms with E-state index in [2.05, 4.69) is 163 Å². The minimum Gasteiger partial charge on any atom is -0.254 e. The molecule has 2 aromatic heterocycles. The van der Waals surface area contributed by atoms with Crippen LogP contribution in [0.2, 0.25) is 0 Å². The van der Waals surface area contributed by atoms with Crippen molar-refractivity contribution in [2.24, 2.45) is 0 Å². The largest absolute Gasteiger partial charge is 0.254 e. The molecule has 50 heavy (non-hydrogen) atoms. The van der Waals surface area contributed by atoms with Crippen molar-refractivity contribution in [1.29, 1.82) is 0 Å². The Balaban J connectivity index is 1.23. The van der Waals surface area contributed by atoms with Crippen LogP contribution in [0.3, 0.4) is 0 Å². The molecule has 8 aromatic carbocycles. The maximum absolute atomic E-state index is 4.75. The number of aromatic nitrogens is 2. The van der Waals surface area contributed by atoms with Gasteiger partial charge in [-0.2, -0.15) is 0 Å². The first-order valence-electron chi connectivity index (χ1n) is 17.1. The van der Waals surface area contributed by atoms with Gasteiger partial charge in [-0.25, -0.2) is 0 Å². The summed E-state index contributed by atoms with van der Waals surface area (Å²) in [4.78, 5) is 9.42. The maximum Gasteiger partial charge on any atom is 0.0970 e. The van der Waals surface area contributed by atoms with Crippen molar-refractivity contribution in [3.63, 3.8) is 0 Å². The molecule has 0 saturated carbocycles. The predicted octanol–water partition coefficient (Wildman–Crippen LogP) is 12.9. The van der Waals surface area contributed by atoms with Gasteiger partial charge in [0.25, 0.3) is 0 Å². The second kappa shape index (κ2) is 11.5. The molecule has 0 amide bonds. The Morgan fingerprint density at radius 1 is 0.280 bits per heavy atom. The summed E-state index contributed by atoms with van der Waals surface area (Å²) >= 11 is 0. The third-order valence-corrected chi connectivity index (χ3v) is 10.1. The monoisotopic (exact) mass is 634 g/mol. The number of nitrogens with zero attached hydrogens (tertiary/aromatic N) is 2. The molecule has 0 N–H and O–H groups in total. The zero-order valence-electron chi connectivity index (χ0n) is 27.2. The van der Waals surface area contributed by atoms with Crippen LogP contribution >= 0.6 is 0 Å². The molecule has 2 nitrogen and oxygen atoms in total. The Bertz CT molecular complexity index is 2910.